The van der Waals surface area contributed by atoms with Gasteiger partial charge in [-0.2, -0.15) is 0 Å². The standard InChI is InChI=1S/C10H13Cl2N3/c1-2-15(6-3-4-6)10-8(12)5-7(11)9(13)14-10/h5-6H,2-4H2,1H3,(H2,13,14). The van der Waals surface area contributed by atoms with E-state index in [4.69, 9.17) is 28.9 Å². The molecule has 0 saturated heterocycles. The maximum atomic E-state index is 6.10. The van der Waals surface area contributed by atoms with Crippen LogP contribution in [0.3, 0.4) is 0 Å². The molecule has 2 N–H and O–H groups in total. The molecule has 0 bridgehead atoms. The number of nitrogen functional groups attached to an aromatic ring is 1. The number of halogens is 2. The van der Waals surface area contributed by atoms with Crippen molar-refractivity contribution in [3.63, 3.8) is 0 Å². The lowest BCUT2D eigenvalue weighted by Crippen LogP contribution is -2.26. The van der Waals surface area contributed by atoms with E-state index in [2.05, 4.69) is 16.8 Å². The van der Waals surface area contributed by atoms with E-state index in [1.807, 2.05) is 0 Å². The second-order valence-corrected chi connectivity index (χ2v) is 4.49. The Hall–Kier alpha value is -0.670. The Bertz CT molecular complexity index is 377. The van der Waals surface area contributed by atoms with E-state index in [-0.39, 0.29) is 0 Å². The average molecular weight is 246 g/mol. The summed E-state index contributed by atoms with van der Waals surface area (Å²) in [4.78, 5) is 6.42. The molecule has 1 saturated carbocycles. The lowest BCUT2D eigenvalue weighted by Gasteiger charge is -2.22. The normalized spacial score (nSPS) is 15.4. The number of rotatable bonds is 3. The van der Waals surface area contributed by atoms with Crippen molar-refractivity contribution < 1.29 is 0 Å². The molecule has 1 aromatic rings. The van der Waals surface area contributed by atoms with Gasteiger partial charge in [-0.15, -0.1) is 0 Å². The van der Waals surface area contributed by atoms with E-state index in [0.29, 0.717) is 21.9 Å². The van der Waals surface area contributed by atoms with E-state index in [0.717, 1.165) is 12.4 Å². The summed E-state index contributed by atoms with van der Waals surface area (Å²) in [5.41, 5.74) is 5.67. The average Bonchev–Trinajstić information content (AvgIpc) is 2.99. The predicted octanol–water partition coefficient (Wildman–Crippen LogP) is 2.96. The molecule has 0 atom stereocenters. The molecule has 0 aromatic carbocycles. The van der Waals surface area contributed by atoms with Crippen molar-refractivity contribution in [2.24, 2.45) is 0 Å². The number of hydrogen-bond acceptors (Lipinski definition) is 3. The fraction of sp³-hybridized carbons (Fsp3) is 0.500. The zero-order valence-corrected chi connectivity index (χ0v) is 10.0. The molecule has 1 heterocycles. The molecule has 0 spiro atoms. The fourth-order valence-electron chi connectivity index (χ4n) is 1.64. The third kappa shape index (κ3) is 2.13. The third-order valence-electron chi connectivity index (χ3n) is 2.54. The summed E-state index contributed by atoms with van der Waals surface area (Å²) in [6.45, 7) is 2.97. The van der Waals surface area contributed by atoms with Gasteiger partial charge in [0.2, 0.25) is 0 Å². The third-order valence-corrected chi connectivity index (χ3v) is 3.12. The van der Waals surface area contributed by atoms with Gasteiger partial charge in [-0.3, -0.25) is 0 Å². The van der Waals surface area contributed by atoms with Gasteiger partial charge in [-0.05, 0) is 25.8 Å². The van der Waals surface area contributed by atoms with Gasteiger partial charge in [0.25, 0.3) is 0 Å². The van der Waals surface area contributed by atoms with E-state index in [1.54, 1.807) is 6.07 Å². The van der Waals surface area contributed by atoms with Crippen LogP contribution in [-0.2, 0) is 0 Å². The van der Waals surface area contributed by atoms with Crippen molar-refractivity contribution in [2.75, 3.05) is 17.2 Å². The monoisotopic (exact) mass is 245 g/mol. The highest BCUT2D eigenvalue weighted by atomic mass is 35.5. The van der Waals surface area contributed by atoms with Crippen LogP contribution in [0.15, 0.2) is 6.07 Å². The number of hydrogen-bond donors (Lipinski definition) is 1. The van der Waals surface area contributed by atoms with Crippen molar-refractivity contribution in [1.82, 2.24) is 4.98 Å². The first kappa shape index (κ1) is 10.8. The number of aromatic nitrogens is 1. The van der Waals surface area contributed by atoms with Crippen LogP contribution in [-0.4, -0.2) is 17.6 Å². The number of nitrogens with zero attached hydrogens (tertiary/aromatic N) is 2. The van der Waals surface area contributed by atoms with E-state index >= 15 is 0 Å². The zero-order chi connectivity index (χ0) is 11.0. The first-order valence-corrected chi connectivity index (χ1v) is 5.77. The van der Waals surface area contributed by atoms with Crippen LogP contribution in [0.4, 0.5) is 11.6 Å². The summed E-state index contributed by atoms with van der Waals surface area (Å²) >= 11 is 11.9. The summed E-state index contributed by atoms with van der Waals surface area (Å²) in [5, 5.41) is 0.985. The molecule has 1 aliphatic carbocycles. The Morgan fingerprint density at radius 3 is 2.67 bits per heavy atom. The molecule has 1 aliphatic rings. The maximum Gasteiger partial charge on any atom is 0.150 e. The molecule has 82 valence electrons. The molecule has 1 fully saturated rings. The Morgan fingerprint density at radius 2 is 2.13 bits per heavy atom. The number of nitrogens with two attached hydrogens (primary N) is 1. The van der Waals surface area contributed by atoms with Crippen LogP contribution in [0.25, 0.3) is 0 Å². The number of pyridine rings is 1. The second-order valence-electron chi connectivity index (χ2n) is 3.68. The highest BCUT2D eigenvalue weighted by molar-refractivity contribution is 6.37. The van der Waals surface area contributed by atoms with Gasteiger partial charge in [0.15, 0.2) is 0 Å². The first-order valence-electron chi connectivity index (χ1n) is 5.01. The molecule has 0 unspecified atom stereocenters. The van der Waals surface area contributed by atoms with Gasteiger partial charge < -0.3 is 10.6 Å². The molecule has 5 heteroatoms. The van der Waals surface area contributed by atoms with E-state index < -0.39 is 0 Å². The minimum atomic E-state index is 0.343. The predicted molar refractivity (Wildman–Crippen MR) is 64.7 cm³/mol. The van der Waals surface area contributed by atoms with Crippen molar-refractivity contribution in [1.29, 1.82) is 0 Å². The Labute approximate surface area is 99.2 Å². The molecule has 2 rings (SSSR count). The van der Waals surface area contributed by atoms with Gasteiger partial charge in [-0.25, -0.2) is 4.98 Å². The maximum absolute atomic E-state index is 6.10. The molecular formula is C10H13Cl2N3. The quantitative estimate of drug-likeness (QED) is 0.891. The summed E-state index contributed by atoms with van der Waals surface area (Å²) in [5.74, 6) is 1.10. The highest BCUT2D eigenvalue weighted by Gasteiger charge is 2.30. The van der Waals surface area contributed by atoms with E-state index in [9.17, 15) is 0 Å². The van der Waals surface area contributed by atoms with Crippen molar-refractivity contribution >= 4 is 34.8 Å². The fourth-order valence-corrected chi connectivity index (χ4v) is 2.11. The summed E-state index contributed by atoms with van der Waals surface area (Å²) in [6.07, 6.45) is 2.41. The Morgan fingerprint density at radius 1 is 1.47 bits per heavy atom. The minimum Gasteiger partial charge on any atom is -0.382 e. The highest BCUT2D eigenvalue weighted by Crippen LogP contribution is 2.36. The van der Waals surface area contributed by atoms with E-state index in [1.165, 1.54) is 12.8 Å². The van der Waals surface area contributed by atoms with Crippen LogP contribution in [0.5, 0.6) is 0 Å². The molecular weight excluding hydrogens is 233 g/mol. The summed E-state index contributed by atoms with van der Waals surface area (Å²) in [7, 11) is 0. The molecule has 1 aromatic heterocycles. The van der Waals surface area contributed by atoms with Crippen LogP contribution in [0.2, 0.25) is 10.0 Å². The largest absolute Gasteiger partial charge is 0.382 e. The molecule has 0 radical (unpaired) electrons. The summed E-state index contributed by atoms with van der Waals surface area (Å²) < 4.78 is 0. The minimum absolute atomic E-state index is 0.343. The lowest BCUT2D eigenvalue weighted by atomic mass is 10.4. The number of anilines is 2. The van der Waals surface area contributed by atoms with Crippen LogP contribution in [0, 0.1) is 0 Å². The first-order chi connectivity index (χ1) is 7.13. The lowest BCUT2D eigenvalue weighted by molar-refractivity contribution is 0.810. The van der Waals surface area contributed by atoms with Gasteiger partial charge in [0.1, 0.15) is 11.6 Å². The van der Waals surface area contributed by atoms with Crippen molar-refractivity contribution in [3.8, 4) is 0 Å². The molecule has 3 nitrogen and oxygen atoms in total. The SMILES string of the molecule is CCN(c1nc(N)c(Cl)cc1Cl)C1CC1. The van der Waals surface area contributed by atoms with Crippen molar-refractivity contribution in [3.05, 3.63) is 16.1 Å². The zero-order valence-electron chi connectivity index (χ0n) is 8.50. The van der Waals surface area contributed by atoms with Gasteiger partial charge in [0, 0.05) is 12.6 Å². The van der Waals surface area contributed by atoms with Crippen LogP contribution >= 0.6 is 23.2 Å². The Balaban J connectivity index is 2.37. The van der Waals surface area contributed by atoms with Crippen LogP contribution in [0.1, 0.15) is 19.8 Å². The molecule has 0 aliphatic heterocycles. The topological polar surface area (TPSA) is 42.2 Å². The van der Waals surface area contributed by atoms with Crippen molar-refractivity contribution in [2.45, 2.75) is 25.8 Å². The van der Waals surface area contributed by atoms with Crippen LogP contribution < -0.4 is 10.6 Å². The summed E-state index contributed by atoms with van der Waals surface area (Å²) in [6, 6.07) is 2.23. The molecule has 15 heavy (non-hydrogen) atoms. The van der Waals surface area contributed by atoms with Gasteiger partial charge in [-0.1, -0.05) is 23.2 Å². The smallest absolute Gasteiger partial charge is 0.150 e. The molecule has 0 amide bonds. The Kier molecular flexibility index (Phi) is 2.94. The van der Waals surface area contributed by atoms with Gasteiger partial charge >= 0.3 is 0 Å². The van der Waals surface area contributed by atoms with Gasteiger partial charge in [0.05, 0.1) is 10.0 Å². The second kappa shape index (κ2) is 4.06.